The Kier molecular flexibility index (Phi) is 5.10. The largest absolute Gasteiger partial charge is 0.462 e. The zero-order chi connectivity index (χ0) is 21.4. The van der Waals surface area contributed by atoms with Crippen LogP contribution in [0.4, 0.5) is 0 Å². The molecule has 0 aromatic carbocycles. The van der Waals surface area contributed by atoms with Crippen molar-refractivity contribution < 1.29 is 19.4 Å². The second-order valence-electron chi connectivity index (χ2n) is 12.1. The van der Waals surface area contributed by atoms with Crippen LogP contribution in [0.3, 0.4) is 0 Å². The monoisotopic (exact) mass is 418 g/mol. The van der Waals surface area contributed by atoms with Crippen molar-refractivity contribution in [3.8, 4) is 0 Å². The van der Waals surface area contributed by atoms with Crippen LogP contribution in [0, 0.1) is 46.3 Å². The number of hydrogen-bond acceptors (Lipinski definition) is 4. The van der Waals surface area contributed by atoms with E-state index in [9.17, 15) is 9.90 Å². The third-order valence-electron chi connectivity index (χ3n) is 10.9. The highest BCUT2D eigenvalue weighted by Crippen LogP contribution is 2.70. The molecule has 0 amide bonds. The van der Waals surface area contributed by atoms with Gasteiger partial charge in [-0.15, -0.1) is 0 Å². The summed E-state index contributed by atoms with van der Waals surface area (Å²) < 4.78 is 12.2. The fourth-order valence-corrected chi connectivity index (χ4v) is 9.40. The second-order valence-corrected chi connectivity index (χ2v) is 12.1. The van der Waals surface area contributed by atoms with Crippen molar-refractivity contribution in [3.63, 3.8) is 0 Å². The first-order chi connectivity index (χ1) is 14.2. The summed E-state index contributed by atoms with van der Waals surface area (Å²) in [5.41, 5.74) is 0.421. The van der Waals surface area contributed by atoms with E-state index >= 15 is 0 Å². The molecule has 170 valence electrons. The van der Waals surface area contributed by atoms with E-state index in [2.05, 4.69) is 27.7 Å². The number of carbonyl (C=O) groups is 1. The van der Waals surface area contributed by atoms with Gasteiger partial charge < -0.3 is 14.6 Å². The fourth-order valence-electron chi connectivity index (χ4n) is 9.40. The van der Waals surface area contributed by atoms with Gasteiger partial charge in [-0.2, -0.15) is 0 Å². The number of aliphatic hydroxyl groups is 1. The van der Waals surface area contributed by atoms with Crippen LogP contribution in [0.25, 0.3) is 0 Å². The summed E-state index contributed by atoms with van der Waals surface area (Å²) in [5, 5.41) is 10.5. The molecule has 0 aromatic rings. The number of epoxide rings is 1. The van der Waals surface area contributed by atoms with Gasteiger partial charge in [0.15, 0.2) is 0 Å². The van der Waals surface area contributed by atoms with Crippen molar-refractivity contribution in [3.05, 3.63) is 0 Å². The summed E-state index contributed by atoms with van der Waals surface area (Å²) >= 11 is 0. The molecule has 1 aliphatic heterocycles. The molecule has 30 heavy (non-hydrogen) atoms. The SMILES string of the molecule is CCC1OC1[C@H]1C[C@H](OC(C)=O)[C@@]2(C)CC[C@H]3[C@@H](CC[C@H]4C[C@H](O)C[C@H](C)[C@@]43C)[C@H]12. The van der Waals surface area contributed by atoms with Crippen LogP contribution in [-0.2, 0) is 14.3 Å². The standard InChI is InChI=1S/C26H42O4/c1-6-21-24(30-21)19-13-22(29-15(3)27)25(4)10-9-20-18(23(19)25)8-7-16-12-17(28)11-14(2)26(16,20)5/h14,16-24,28H,6-13H2,1-5H3/t14-,16-,17+,18+,19-,20-,21?,22-,23+,24?,25+,26-/m0/s1. The van der Waals surface area contributed by atoms with Crippen LogP contribution in [0.1, 0.15) is 86.0 Å². The molecular formula is C26H42O4. The van der Waals surface area contributed by atoms with Crippen LogP contribution >= 0.6 is 0 Å². The molecule has 4 nitrogen and oxygen atoms in total. The van der Waals surface area contributed by atoms with Gasteiger partial charge in [-0.3, -0.25) is 4.79 Å². The summed E-state index contributed by atoms with van der Waals surface area (Å²) in [7, 11) is 0. The highest BCUT2D eigenvalue weighted by atomic mass is 16.6. The molecule has 0 radical (unpaired) electrons. The van der Waals surface area contributed by atoms with E-state index in [1.807, 2.05) is 0 Å². The molecule has 5 fully saturated rings. The number of ether oxygens (including phenoxy) is 2. The van der Waals surface area contributed by atoms with E-state index in [0.717, 1.165) is 38.0 Å². The number of aliphatic hydroxyl groups excluding tert-OH is 1. The van der Waals surface area contributed by atoms with E-state index in [4.69, 9.17) is 9.47 Å². The van der Waals surface area contributed by atoms with Crippen molar-refractivity contribution in [2.75, 3.05) is 0 Å². The molecular weight excluding hydrogens is 376 g/mol. The summed E-state index contributed by atoms with van der Waals surface area (Å²) in [6.45, 7) is 11.2. The van der Waals surface area contributed by atoms with Crippen LogP contribution in [0.15, 0.2) is 0 Å². The number of hydrogen-bond donors (Lipinski definition) is 1. The minimum atomic E-state index is -0.128. The van der Waals surface area contributed by atoms with Gasteiger partial charge in [-0.1, -0.05) is 27.7 Å². The van der Waals surface area contributed by atoms with Crippen molar-refractivity contribution >= 4 is 5.97 Å². The lowest BCUT2D eigenvalue weighted by Crippen LogP contribution is -2.58. The van der Waals surface area contributed by atoms with Crippen LogP contribution in [-0.4, -0.2) is 35.5 Å². The molecule has 5 rings (SSSR count). The van der Waals surface area contributed by atoms with Crippen molar-refractivity contribution in [2.24, 2.45) is 46.3 Å². The highest BCUT2D eigenvalue weighted by Gasteiger charge is 2.67. The molecule has 12 atom stereocenters. The van der Waals surface area contributed by atoms with Gasteiger partial charge in [-0.25, -0.2) is 0 Å². The third kappa shape index (κ3) is 2.95. The highest BCUT2D eigenvalue weighted by molar-refractivity contribution is 5.66. The zero-order valence-electron chi connectivity index (χ0n) is 19.6. The molecule has 5 aliphatic rings. The zero-order valence-corrected chi connectivity index (χ0v) is 19.6. The molecule has 4 aliphatic carbocycles. The normalized spacial score (nSPS) is 57.1. The summed E-state index contributed by atoms with van der Waals surface area (Å²) in [4.78, 5) is 11.9. The smallest absolute Gasteiger partial charge is 0.302 e. The molecule has 1 heterocycles. The Bertz CT molecular complexity index is 693. The Balaban J connectivity index is 1.48. The van der Waals surface area contributed by atoms with Gasteiger partial charge in [0, 0.05) is 12.3 Å². The lowest BCUT2D eigenvalue weighted by molar-refractivity contribution is -0.173. The third-order valence-corrected chi connectivity index (χ3v) is 10.9. The molecule has 0 aromatic heterocycles. The Labute approximate surface area is 182 Å². The van der Waals surface area contributed by atoms with E-state index in [-0.39, 0.29) is 23.6 Å². The average Bonchev–Trinajstić information content (AvgIpc) is 3.40. The predicted octanol–water partition coefficient (Wildman–Crippen LogP) is 4.97. The Morgan fingerprint density at radius 2 is 1.90 bits per heavy atom. The van der Waals surface area contributed by atoms with Gasteiger partial charge in [0.2, 0.25) is 0 Å². The minimum Gasteiger partial charge on any atom is -0.462 e. The predicted molar refractivity (Wildman–Crippen MR) is 116 cm³/mol. The van der Waals surface area contributed by atoms with Crippen LogP contribution in [0.2, 0.25) is 0 Å². The first-order valence-corrected chi connectivity index (χ1v) is 12.7. The number of esters is 1. The second kappa shape index (κ2) is 7.20. The molecule has 1 saturated heterocycles. The Morgan fingerprint density at radius 1 is 1.13 bits per heavy atom. The van der Waals surface area contributed by atoms with E-state index < -0.39 is 0 Å². The topological polar surface area (TPSA) is 59.1 Å². The summed E-state index contributed by atoms with van der Waals surface area (Å²) in [5.74, 6) is 3.67. The minimum absolute atomic E-state index is 0.0452. The molecule has 2 unspecified atom stereocenters. The number of rotatable bonds is 3. The van der Waals surface area contributed by atoms with E-state index in [1.165, 1.54) is 19.3 Å². The number of fused-ring (bicyclic) bond motifs is 5. The lowest BCUT2D eigenvalue weighted by atomic mass is 9.42. The van der Waals surface area contributed by atoms with Gasteiger partial charge in [0.25, 0.3) is 0 Å². The van der Waals surface area contributed by atoms with Gasteiger partial charge >= 0.3 is 5.97 Å². The van der Waals surface area contributed by atoms with Crippen molar-refractivity contribution in [1.29, 1.82) is 0 Å². The van der Waals surface area contributed by atoms with Gasteiger partial charge in [0.05, 0.1) is 18.3 Å². The quantitative estimate of drug-likeness (QED) is 0.519. The molecule has 4 heteroatoms. The van der Waals surface area contributed by atoms with Crippen LogP contribution < -0.4 is 0 Å². The van der Waals surface area contributed by atoms with Crippen molar-refractivity contribution in [1.82, 2.24) is 0 Å². The lowest BCUT2D eigenvalue weighted by Gasteiger charge is -2.63. The maximum Gasteiger partial charge on any atom is 0.302 e. The Hall–Kier alpha value is -0.610. The maximum atomic E-state index is 11.9. The first-order valence-electron chi connectivity index (χ1n) is 12.7. The van der Waals surface area contributed by atoms with Gasteiger partial charge in [-0.05, 0) is 92.3 Å². The van der Waals surface area contributed by atoms with E-state index in [0.29, 0.717) is 47.2 Å². The molecule has 0 bridgehead atoms. The molecule has 0 spiro atoms. The van der Waals surface area contributed by atoms with Gasteiger partial charge in [0.1, 0.15) is 6.10 Å². The van der Waals surface area contributed by atoms with E-state index in [1.54, 1.807) is 6.92 Å². The van der Waals surface area contributed by atoms with Crippen LogP contribution in [0.5, 0.6) is 0 Å². The summed E-state index contributed by atoms with van der Waals surface area (Å²) in [6, 6.07) is 0. The fraction of sp³-hybridized carbons (Fsp3) is 0.962. The molecule has 1 N–H and O–H groups in total. The first kappa shape index (κ1) is 21.2. The molecule has 4 saturated carbocycles. The Morgan fingerprint density at radius 3 is 2.57 bits per heavy atom. The average molecular weight is 419 g/mol. The number of carbonyl (C=O) groups excluding carboxylic acids is 1. The summed E-state index contributed by atoms with van der Waals surface area (Å²) in [6.07, 6.45) is 9.68. The van der Waals surface area contributed by atoms with Crippen molar-refractivity contribution in [2.45, 2.75) is 110 Å². The maximum absolute atomic E-state index is 11.9.